The zero-order chi connectivity index (χ0) is 21.7. The maximum absolute atomic E-state index is 12.8. The topological polar surface area (TPSA) is 93.0 Å². The zero-order valence-electron chi connectivity index (χ0n) is 17.2. The van der Waals surface area contributed by atoms with Crippen molar-refractivity contribution in [3.8, 4) is 5.75 Å². The normalized spacial score (nSPS) is 13.8. The summed E-state index contributed by atoms with van der Waals surface area (Å²) in [7, 11) is 1.61. The van der Waals surface area contributed by atoms with Gasteiger partial charge in [-0.1, -0.05) is 24.3 Å². The molecular formula is C22H25N3O5. The molecule has 30 heavy (non-hydrogen) atoms. The molecule has 1 saturated heterocycles. The SMILES string of the molecule is COc1ccc(CCC(=O)N2CCN(C(=O)c3cccc(C)c3[N+](=O)[O-])CC2)cc1. The lowest BCUT2D eigenvalue weighted by atomic mass is 10.1. The predicted molar refractivity (Wildman–Crippen MR) is 112 cm³/mol. The van der Waals surface area contributed by atoms with Gasteiger partial charge in [-0.15, -0.1) is 0 Å². The second-order valence-electron chi connectivity index (χ2n) is 7.25. The van der Waals surface area contributed by atoms with Crippen LogP contribution in [0.3, 0.4) is 0 Å². The first-order valence-corrected chi connectivity index (χ1v) is 9.84. The largest absolute Gasteiger partial charge is 0.497 e. The summed E-state index contributed by atoms with van der Waals surface area (Å²) in [6.07, 6.45) is 1.03. The fourth-order valence-corrected chi connectivity index (χ4v) is 3.60. The fraction of sp³-hybridized carbons (Fsp3) is 0.364. The number of rotatable bonds is 6. The highest BCUT2D eigenvalue weighted by atomic mass is 16.6. The first-order chi connectivity index (χ1) is 14.4. The monoisotopic (exact) mass is 411 g/mol. The standard InChI is InChI=1S/C22H25N3O5/c1-16-4-3-5-19(21(16)25(28)29)22(27)24-14-12-23(13-15-24)20(26)11-8-17-6-9-18(30-2)10-7-17/h3-7,9-10H,8,11-15H2,1-2H3. The van der Waals surface area contributed by atoms with Gasteiger partial charge in [-0.2, -0.15) is 0 Å². The van der Waals surface area contributed by atoms with E-state index in [0.717, 1.165) is 11.3 Å². The van der Waals surface area contributed by atoms with Gasteiger partial charge in [0.15, 0.2) is 0 Å². The molecule has 2 amide bonds. The van der Waals surface area contributed by atoms with Crippen LogP contribution in [0.2, 0.25) is 0 Å². The van der Waals surface area contributed by atoms with Crippen molar-refractivity contribution in [1.82, 2.24) is 9.80 Å². The van der Waals surface area contributed by atoms with Crippen molar-refractivity contribution >= 4 is 17.5 Å². The lowest BCUT2D eigenvalue weighted by molar-refractivity contribution is -0.385. The van der Waals surface area contributed by atoms with Crippen LogP contribution in [0, 0.1) is 17.0 Å². The predicted octanol–water partition coefficient (Wildman–Crippen LogP) is 2.83. The van der Waals surface area contributed by atoms with Crippen LogP contribution in [0.4, 0.5) is 5.69 Å². The molecule has 0 aliphatic carbocycles. The van der Waals surface area contributed by atoms with Crippen molar-refractivity contribution in [2.45, 2.75) is 19.8 Å². The molecule has 0 unspecified atom stereocenters. The summed E-state index contributed by atoms with van der Waals surface area (Å²) in [5, 5.41) is 11.4. The molecule has 8 nitrogen and oxygen atoms in total. The van der Waals surface area contributed by atoms with Crippen LogP contribution in [-0.4, -0.2) is 59.8 Å². The minimum absolute atomic E-state index is 0.0412. The Hall–Kier alpha value is -3.42. The van der Waals surface area contributed by atoms with Crippen molar-refractivity contribution in [2.24, 2.45) is 0 Å². The average molecular weight is 411 g/mol. The molecule has 1 fully saturated rings. The molecule has 8 heteroatoms. The first-order valence-electron chi connectivity index (χ1n) is 9.84. The van der Waals surface area contributed by atoms with Crippen LogP contribution in [0.5, 0.6) is 5.75 Å². The second-order valence-corrected chi connectivity index (χ2v) is 7.25. The summed E-state index contributed by atoms with van der Waals surface area (Å²) in [5.74, 6) is 0.454. The minimum atomic E-state index is -0.512. The van der Waals surface area contributed by atoms with E-state index in [4.69, 9.17) is 4.74 Å². The van der Waals surface area contributed by atoms with Gasteiger partial charge in [0.25, 0.3) is 11.6 Å². The molecule has 0 spiro atoms. The molecule has 0 atom stereocenters. The number of amides is 2. The maximum atomic E-state index is 12.8. The van der Waals surface area contributed by atoms with E-state index in [2.05, 4.69) is 0 Å². The lowest BCUT2D eigenvalue weighted by Crippen LogP contribution is -2.50. The van der Waals surface area contributed by atoms with Gasteiger partial charge in [-0.25, -0.2) is 0 Å². The minimum Gasteiger partial charge on any atom is -0.497 e. The summed E-state index contributed by atoms with van der Waals surface area (Å²) >= 11 is 0. The number of nitrogens with zero attached hydrogens (tertiary/aromatic N) is 3. The Balaban J connectivity index is 1.55. The Morgan fingerprint density at radius 1 is 1.03 bits per heavy atom. The smallest absolute Gasteiger partial charge is 0.285 e. The zero-order valence-corrected chi connectivity index (χ0v) is 17.2. The highest BCUT2D eigenvalue weighted by molar-refractivity contribution is 5.98. The maximum Gasteiger partial charge on any atom is 0.285 e. The number of piperazine rings is 1. The molecule has 158 valence electrons. The molecule has 0 N–H and O–H groups in total. The second kappa shape index (κ2) is 9.39. The van der Waals surface area contributed by atoms with Crippen LogP contribution < -0.4 is 4.74 Å². The number of hydrogen-bond acceptors (Lipinski definition) is 5. The van der Waals surface area contributed by atoms with Gasteiger partial charge >= 0.3 is 0 Å². The van der Waals surface area contributed by atoms with Crippen molar-refractivity contribution in [3.63, 3.8) is 0 Å². The van der Waals surface area contributed by atoms with Crippen LogP contribution >= 0.6 is 0 Å². The third-order valence-corrected chi connectivity index (χ3v) is 5.36. The van der Waals surface area contributed by atoms with Gasteiger partial charge in [0.1, 0.15) is 11.3 Å². The summed E-state index contributed by atoms with van der Waals surface area (Å²) in [4.78, 5) is 39.5. The summed E-state index contributed by atoms with van der Waals surface area (Å²) in [5.41, 5.74) is 1.46. The Bertz CT molecular complexity index is 934. The molecular weight excluding hydrogens is 386 g/mol. The van der Waals surface area contributed by atoms with Gasteiger partial charge < -0.3 is 14.5 Å². The number of hydrogen-bond donors (Lipinski definition) is 0. The van der Waals surface area contributed by atoms with Crippen molar-refractivity contribution in [1.29, 1.82) is 0 Å². The molecule has 3 rings (SSSR count). The third kappa shape index (κ3) is 4.76. The molecule has 1 aliphatic rings. The molecule has 0 bridgehead atoms. The number of carbonyl (C=O) groups is 2. The first kappa shape index (κ1) is 21.3. The number of ether oxygens (including phenoxy) is 1. The van der Waals surface area contributed by atoms with E-state index in [1.165, 1.54) is 6.07 Å². The van der Waals surface area contributed by atoms with Gasteiger partial charge in [-0.05, 0) is 37.1 Å². The Labute approximate surface area is 175 Å². The molecule has 0 aromatic heterocycles. The van der Waals surface area contributed by atoms with Crippen LogP contribution in [-0.2, 0) is 11.2 Å². The molecule has 0 saturated carbocycles. The average Bonchev–Trinajstić information content (AvgIpc) is 2.77. The number of nitro benzene ring substituents is 1. The number of para-hydroxylation sites is 1. The van der Waals surface area contributed by atoms with Crippen molar-refractivity contribution < 1.29 is 19.2 Å². The molecule has 1 heterocycles. The van der Waals surface area contributed by atoms with E-state index in [9.17, 15) is 19.7 Å². The Morgan fingerprint density at radius 2 is 1.67 bits per heavy atom. The number of nitro groups is 1. The third-order valence-electron chi connectivity index (χ3n) is 5.36. The Kier molecular flexibility index (Phi) is 6.66. The van der Waals surface area contributed by atoms with Gasteiger partial charge in [0, 0.05) is 38.2 Å². The van der Waals surface area contributed by atoms with E-state index in [-0.39, 0.29) is 23.1 Å². The van der Waals surface area contributed by atoms with Gasteiger partial charge in [0.05, 0.1) is 12.0 Å². The molecule has 2 aromatic carbocycles. The van der Waals surface area contributed by atoms with Crippen LogP contribution in [0.15, 0.2) is 42.5 Å². The lowest BCUT2D eigenvalue weighted by Gasteiger charge is -2.34. The van der Waals surface area contributed by atoms with Crippen molar-refractivity contribution in [2.75, 3.05) is 33.3 Å². The van der Waals surface area contributed by atoms with Gasteiger partial charge in [0.2, 0.25) is 5.91 Å². The highest BCUT2D eigenvalue weighted by Crippen LogP contribution is 2.25. The summed E-state index contributed by atoms with van der Waals surface area (Å²) < 4.78 is 5.13. The molecule has 1 aliphatic heterocycles. The number of methoxy groups -OCH3 is 1. The molecule has 0 radical (unpaired) electrons. The Morgan fingerprint density at radius 3 is 2.27 bits per heavy atom. The van der Waals surface area contributed by atoms with E-state index in [1.807, 2.05) is 24.3 Å². The van der Waals surface area contributed by atoms with E-state index >= 15 is 0 Å². The number of carbonyl (C=O) groups excluding carboxylic acids is 2. The van der Waals surface area contributed by atoms with E-state index < -0.39 is 4.92 Å². The van der Waals surface area contributed by atoms with E-state index in [0.29, 0.717) is 44.6 Å². The number of aryl methyl sites for hydroxylation is 2. The highest BCUT2D eigenvalue weighted by Gasteiger charge is 2.29. The van der Waals surface area contributed by atoms with Crippen molar-refractivity contribution in [3.05, 3.63) is 69.3 Å². The van der Waals surface area contributed by atoms with Gasteiger partial charge in [-0.3, -0.25) is 19.7 Å². The molecule has 2 aromatic rings. The summed E-state index contributed by atoms with van der Waals surface area (Å²) in [6.45, 7) is 3.18. The fourth-order valence-electron chi connectivity index (χ4n) is 3.60. The van der Waals surface area contributed by atoms with Crippen LogP contribution in [0.25, 0.3) is 0 Å². The quantitative estimate of drug-likeness (QED) is 0.538. The van der Waals surface area contributed by atoms with Crippen LogP contribution in [0.1, 0.15) is 27.9 Å². The number of benzene rings is 2. The summed E-state index contributed by atoms with van der Waals surface area (Å²) in [6, 6.07) is 12.4. The van der Waals surface area contributed by atoms with E-state index in [1.54, 1.807) is 36.0 Å².